The lowest BCUT2D eigenvalue weighted by Gasteiger charge is -2.13. The van der Waals surface area contributed by atoms with Crippen molar-refractivity contribution in [2.24, 2.45) is 0 Å². The number of benzene rings is 3. The average molecular weight is 404 g/mol. The number of carbonyl (C=O) groups is 2. The minimum atomic E-state index is -0.251. The molecule has 0 spiro atoms. The fourth-order valence-corrected chi connectivity index (χ4v) is 3.00. The van der Waals surface area contributed by atoms with Crippen molar-refractivity contribution < 1.29 is 19.1 Å². The van der Waals surface area contributed by atoms with Crippen LogP contribution in [0.25, 0.3) is 0 Å². The lowest BCUT2D eigenvalue weighted by Crippen LogP contribution is -2.16. The quantitative estimate of drug-likeness (QED) is 0.610. The number of anilines is 2. The first-order valence-corrected chi connectivity index (χ1v) is 9.47. The molecule has 0 saturated carbocycles. The van der Waals surface area contributed by atoms with E-state index in [1.165, 1.54) is 7.11 Å². The molecule has 6 heteroatoms. The second-order valence-corrected chi connectivity index (χ2v) is 6.81. The van der Waals surface area contributed by atoms with Crippen LogP contribution < -0.4 is 20.1 Å². The summed E-state index contributed by atoms with van der Waals surface area (Å²) in [5, 5.41) is 5.71. The maximum absolute atomic E-state index is 12.6. The SMILES string of the molecule is COc1ccc(CC(=O)Nc2ccc(OC)c(NC(=O)c3cccc(C)c3)c2)cc1. The van der Waals surface area contributed by atoms with Gasteiger partial charge in [0.25, 0.3) is 5.91 Å². The molecule has 0 radical (unpaired) electrons. The molecule has 0 fully saturated rings. The molecule has 0 bridgehead atoms. The first-order chi connectivity index (χ1) is 14.5. The second kappa shape index (κ2) is 9.60. The predicted octanol–water partition coefficient (Wildman–Crippen LogP) is 4.45. The lowest BCUT2D eigenvalue weighted by molar-refractivity contribution is -0.115. The molecule has 3 aromatic carbocycles. The third-order valence-corrected chi connectivity index (χ3v) is 4.54. The van der Waals surface area contributed by atoms with Crippen molar-refractivity contribution in [1.82, 2.24) is 0 Å². The number of methoxy groups -OCH3 is 2. The van der Waals surface area contributed by atoms with Gasteiger partial charge in [0, 0.05) is 11.3 Å². The highest BCUT2D eigenvalue weighted by Gasteiger charge is 2.12. The maximum Gasteiger partial charge on any atom is 0.255 e. The van der Waals surface area contributed by atoms with Gasteiger partial charge < -0.3 is 20.1 Å². The molecule has 2 amide bonds. The van der Waals surface area contributed by atoms with E-state index in [9.17, 15) is 9.59 Å². The molecule has 0 aliphatic carbocycles. The summed E-state index contributed by atoms with van der Waals surface area (Å²) in [5.74, 6) is 0.826. The topological polar surface area (TPSA) is 76.7 Å². The molecule has 0 heterocycles. The van der Waals surface area contributed by atoms with Gasteiger partial charge in [0.05, 0.1) is 26.3 Å². The van der Waals surface area contributed by atoms with E-state index >= 15 is 0 Å². The summed E-state index contributed by atoms with van der Waals surface area (Å²) in [4.78, 5) is 25.0. The highest BCUT2D eigenvalue weighted by molar-refractivity contribution is 6.05. The third kappa shape index (κ3) is 5.38. The van der Waals surface area contributed by atoms with Crippen LogP contribution in [-0.2, 0) is 11.2 Å². The molecule has 0 aliphatic rings. The van der Waals surface area contributed by atoms with E-state index in [1.54, 1.807) is 31.4 Å². The zero-order valence-electron chi connectivity index (χ0n) is 17.2. The number of ether oxygens (including phenoxy) is 2. The van der Waals surface area contributed by atoms with Gasteiger partial charge in [0.2, 0.25) is 5.91 Å². The number of nitrogens with one attached hydrogen (secondary N) is 2. The van der Waals surface area contributed by atoms with Gasteiger partial charge >= 0.3 is 0 Å². The smallest absolute Gasteiger partial charge is 0.255 e. The number of carbonyl (C=O) groups excluding carboxylic acids is 2. The summed E-state index contributed by atoms with van der Waals surface area (Å²) in [6, 6.07) is 19.7. The van der Waals surface area contributed by atoms with Crippen LogP contribution in [0, 0.1) is 6.92 Å². The van der Waals surface area contributed by atoms with E-state index < -0.39 is 0 Å². The summed E-state index contributed by atoms with van der Waals surface area (Å²) in [5.41, 5.74) is 3.45. The van der Waals surface area contributed by atoms with Crippen molar-refractivity contribution in [3.05, 3.63) is 83.4 Å². The van der Waals surface area contributed by atoms with Crippen molar-refractivity contribution in [3.8, 4) is 11.5 Å². The Labute approximate surface area is 175 Å². The van der Waals surface area contributed by atoms with Crippen LogP contribution in [0.5, 0.6) is 11.5 Å². The fraction of sp³-hybridized carbons (Fsp3) is 0.167. The van der Waals surface area contributed by atoms with Crippen LogP contribution >= 0.6 is 0 Å². The van der Waals surface area contributed by atoms with Gasteiger partial charge in [0.1, 0.15) is 11.5 Å². The van der Waals surface area contributed by atoms with Crippen molar-refractivity contribution in [3.63, 3.8) is 0 Å². The minimum absolute atomic E-state index is 0.165. The van der Waals surface area contributed by atoms with Crippen molar-refractivity contribution in [2.45, 2.75) is 13.3 Å². The first kappa shape index (κ1) is 20.9. The molecule has 0 aromatic heterocycles. The Hall–Kier alpha value is -3.80. The Balaban J connectivity index is 1.71. The van der Waals surface area contributed by atoms with Crippen molar-refractivity contribution in [2.75, 3.05) is 24.9 Å². The number of amides is 2. The number of aryl methyl sites for hydroxylation is 1. The van der Waals surface area contributed by atoms with Crippen LogP contribution in [0.3, 0.4) is 0 Å². The highest BCUT2D eigenvalue weighted by atomic mass is 16.5. The molecule has 3 aromatic rings. The molecule has 30 heavy (non-hydrogen) atoms. The highest BCUT2D eigenvalue weighted by Crippen LogP contribution is 2.28. The number of hydrogen-bond acceptors (Lipinski definition) is 4. The van der Waals surface area contributed by atoms with E-state index in [1.807, 2.05) is 49.4 Å². The Morgan fingerprint density at radius 3 is 2.30 bits per heavy atom. The molecule has 0 atom stereocenters. The van der Waals surface area contributed by atoms with E-state index in [4.69, 9.17) is 9.47 Å². The van der Waals surface area contributed by atoms with Gasteiger partial charge in [-0.3, -0.25) is 9.59 Å². The van der Waals surface area contributed by atoms with Crippen LogP contribution in [0.4, 0.5) is 11.4 Å². The first-order valence-electron chi connectivity index (χ1n) is 9.47. The molecule has 3 rings (SSSR count). The monoisotopic (exact) mass is 404 g/mol. The lowest BCUT2D eigenvalue weighted by atomic mass is 10.1. The second-order valence-electron chi connectivity index (χ2n) is 6.81. The van der Waals surface area contributed by atoms with E-state index in [2.05, 4.69) is 10.6 Å². The Kier molecular flexibility index (Phi) is 6.70. The van der Waals surface area contributed by atoms with Crippen LogP contribution in [0.2, 0.25) is 0 Å². The normalized spacial score (nSPS) is 10.2. The molecular weight excluding hydrogens is 380 g/mol. The minimum Gasteiger partial charge on any atom is -0.497 e. The van der Waals surface area contributed by atoms with Crippen LogP contribution in [-0.4, -0.2) is 26.0 Å². The summed E-state index contributed by atoms with van der Waals surface area (Å²) >= 11 is 0. The number of hydrogen-bond donors (Lipinski definition) is 2. The average Bonchev–Trinajstić information content (AvgIpc) is 2.74. The summed E-state index contributed by atoms with van der Waals surface area (Å²) in [7, 11) is 3.13. The van der Waals surface area contributed by atoms with Crippen LogP contribution in [0.1, 0.15) is 21.5 Å². The zero-order chi connectivity index (χ0) is 21.5. The summed E-state index contributed by atoms with van der Waals surface area (Å²) < 4.78 is 10.5. The molecule has 0 aliphatic heterocycles. The summed E-state index contributed by atoms with van der Waals surface area (Å²) in [6.07, 6.45) is 0.223. The Morgan fingerprint density at radius 1 is 0.867 bits per heavy atom. The van der Waals surface area contributed by atoms with Crippen LogP contribution in [0.15, 0.2) is 66.7 Å². The van der Waals surface area contributed by atoms with E-state index in [-0.39, 0.29) is 18.2 Å². The molecule has 0 unspecified atom stereocenters. The molecular formula is C24H24N2O4. The van der Waals surface area contributed by atoms with Crippen molar-refractivity contribution >= 4 is 23.2 Å². The number of rotatable bonds is 7. The Bertz CT molecular complexity index is 1050. The van der Waals surface area contributed by atoms with Gasteiger partial charge in [0.15, 0.2) is 0 Å². The van der Waals surface area contributed by atoms with E-state index in [0.29, 0.717) is 22.7 Å². The molecule has 6 nitrogen and oxygen atoms in total. The fourth-order valence-electron chi connectivity index (χ4n) is 3.00. The standard InChI is InChI=1S/C24H24N2O4/c1-16-5-4-6-18(13-16)24(28)26-21-15-19(9-12-22(21)30-3)25-23(27)14-17-7-10-20(29-2)11-8-17/h4-13,15H,14H2,1-3H3,(H,25,27)(H,26,28). The molecule has 154 valence electrons. The van der Waals surface area contributed by atoms with Crippen molar-refractivity contribution in [1.29, 1.82) is 0 Å². The zero-order valence-corrected chi connectivity index (χ0v) is 17.2. The van der Waals surface area contributed by atoms with Gasteiger partial charge in [-0.15, -0.1) is 0 Å². The molecule has 2 N–H and O–H groups in total. The van der Waals surface area contributed by atoms with E-state index in [0.717, 1.165) is 16.9 Å². The Morgan fingerprint density at radius 2 is 1.63 bits per heavy atom. The molecule has 0 saturated heterocycles. The van der Waals surface area contributed by atoms with Gasteiger partial charge in [-0.05, 0) is 55.0 Å². The van der Waals surface area contributed by atoms with Gasteiger partial charge in [-0.1, -0.05) is 29.8 Å². The van der Waals surface area contributed by atoms with Gasteiger partial charge in [-0.2, -0.15) is 0 Å². The largest absolute Gasteiger partial charge is 0.497 e. The summed E-state index contributed by atoms with van der Waals surface area (Å²) in [6.45, 7) is 1.93. The predicted molar refractivity (Wildman–Crippen MR) is 117 cm³/mol. The maximum atomic E-state index is 12.6. The third-order valence-electron chi connectivity index (χ3n) is 4.54. The van der Waals surface area contributed by atoms with Gasteiger partial charge in [-0.25, -0.2) is 0 Å².